The number of nitrogens with zero attached hydrogens (tertiary/aromatic N) is 1. The van der Waals surface area contributed by atoms with E-state index < -0.39 is 0 Å². The fourth-order valence-corrected chi connectivity index (χ4v) is 2.90. The van der Waals surface area contributed by atoms with Crippen LogP contribution in [0.5, 0.6) is 0 Å². The molecule has 0 aliphatic carbocycles. The van der Waals surface area contributed by atoms with Crippen LogP contribution in [0.3, 0.4) is 0 Å². The Bertz CT molecular complexity index is 685. The average Bonchev–Trinajstić information content (AvgIpc) is 2.89. The van der Waals surface area contributed by atoms with Gasteiger partial charge in [-0.25, -0.2) is 4.98 Å². The van der Waals surface area contributed by atoms with Crippen LogP contribution in [0.15, 0.2) is 30.5 Å². The van der Waals surface area contributed by atoms with Gasteiger partial charge in [0, 0.05) is 35.1 Å². The Labute approximate surface area is 143 Å². The Kier molecular flexibility index (Phi) is 6.24. The number of nitrogens with one attached hydrogen (secondary N) is 2. The highest BCUT2D eigenvalue weighted by molar-refractivity contribution is 7.12. The first-order valence-corrected chi connectivity index (χ1v) is 8.19. The number of thiophene rings is 1. The van der Waals surface area contributed by atoms with Crippen LogP contribution in [-0.2, 0) is 4.79 Å². The van der Waals surface area contributed by atoms with E-state index in [1.165, 1.54) is 17.2 Å². The molecule has 0 saturated carbocycles. The van der Waals surface area contributed by atoms with Crippen LogP contribution in [0, 0.1) is 6.92 Å². The fourth-order valence-electron chi connectivity index (χ4n) is 1.67. The molecule has 4 nitrogen and oxygen atoms in total. The number of aromatic nitrogens is 1. The minimum absolute atomic E-state index is 0.136. The van der Waals surface area contributed by atoms with Crippen LogP contribution in [0.4, 0.5) is 5.82 Å². The van der Waals surface area contributed by atoms with E-state index in [0.29, 0.717) is 29.0 Å². The van der Waals surface area contributed by atoms with Crippen LogP contribution in [0.2, 0.25) is 10.0 Å². The molecular weight excluding hydrogens is 341 g/mol. The third-order valence-electron chi connectivity index (χ3n) is 2.68. The molecule has 0 saturated heterocycles. The van der Waals surface area contributed by atoms with Crippen LogP contribution in [-0.4, -0.2) is 24.0 Å². The molecule has 0 aromatic carbocycles. The van der Waals surface area contributed by atoms with Crippen molar-refractivity contribution in [3.8, 4) is 0 Å². The van der Waals surface area contributed by atoms with Gasteiger partial charge < -0.3 is 10.6 Å². The quantitative estimate of drug-likeness (QED) is 0.608. The van der Waals surface area contributed by atoms with E-state index in [1.54, 1.807) is 23.5 Å². The molecule has 0 radical (unpaired) electrons. The smallest absolute Gasteiger partial charge is 0.244 e. The van der Waals surface area contributed by atoms with Crippen molar-refractivity contribution in [2.45, 2.75) is 6.92 Å². The number of hydrogen-bond acceptors (Lipinski definition) is 4. The number of carbonyl (C=O) groups excluding carboxylic acids is 1. The summed E-state index contributed by atoms with van der Waals surface area (Å²) in [7, 11) is 0. The number of amides is 1. The summed E-state index contributed by atoms with van der Waals surface area (Å²) in [6, 6.07) is 5.62. The minimum Gasteiger partial charge on any atom is -0.367 e. The second kappa shape index (κ2) is 8.17. The van der Waals surface area contributed by atoms with Crippen molar-refractivity contribution in [2.24, 2.45) is 0 Å². The van der Waals surface area contributed by atoms with Gasteiger partial charge in [-0.2, -0.15) is 0 Å². The largest absolute Gasteiger partial charge is 0.367 e. The topological polar surface area (TPSA) is 54.0 Å². The van der Waals surface area contributed by atoms with E-state index in [0.717, 1.165) is 4.88 Å². The van der Waals surface area contributed by atoms with Gasteiger partial charge in [-0.3, -0.25) is 4.79 Å². The monoisotopic (exact) mass is 355 g/mol. The van der Waals surface area contributed by atoms with Crippen LogP contribution in [0.1, 0.15) is 9.75 Å². The molecule has 2 N–H and O–H groups in total. The highest BCUT2D eigenvalue weighted by atomic mass is 35.5. The molecule has 0 aliphatic heterocycles. The van der Waals surface area contributed by atoms with Crippen molar-refractivity contribution < 1.29 is 4.79 Å². The molecule has 0 fully saturated rings. The first kappa shape index (κ1) is 16.8. The summed E-state index contributed by atoms with van der Waals surface area (Å²) in [4.78, 5) is 18.0. The van der Waals surface area contributed by atoms with E-state index in [9.17, 15) is 4.79 Å². The molecule has 2 heterocycles. The standard InChI is InChI=1S/C15H15Cl2N3OS/c1-10-2-3-12(22-10)4-5-14(21)18-6-7-19-15-13(17)8-11(16)9-20-15/h2-5,8-9H,6-7H2,1H3,(H,18,21)(H,19,20). The van der Waals surface area contributed by atoms with Gasteiger partial charge in [0.1, 0.15) is 5.82 Å². The Morgan fingerprint density at radius 1 is 1.36 bits per heavy atom. The molecule has 1 amide bonds. The summed E-state index contributed by atoms with van der Waals surface area (Å²) in [6.07, 6.45) is 4.84. The van der Waals surface area contributed by atoms with Gasteiger partial charge in [0.2, 0.25) is 5.91 Å². The van der Waals surface area contributed by atoms with E-state index in [-0.39, 0.29) is 5.91 Å². The third kappa shape index (κ3) is 5.33. The number of rotatable bonds is 6. The first-order chi connectivity index (χ1) is 10.5. The van der Waals surface area contributed by atoms with Gasteiger partial charge in [-0.05, 0) is 31.2 Å². The predicted molar refractivity (Wildman–Crippen MR) is 93.8 cm³/mol. The Morgan fingerprint density at radius 3 is 2.86 bits per heavy atom. The van der Waals surface area contributed by atoms with Crippen molar-refractivity contribution in [2.75, 3.05) is 18.4 Å². The number of anilines is 1. The maximum absolute atomic E-state index is 11.7. The Morgan fingerprint density at radius 2 is 2.18 bits per heavy atom. The second-order valence-electron chi connectivity index (χ2n) is 4.48. The summed E-state index contributed by atoms with van der Waals surface area (Å²) in [6.45, 7) is 3.02. The molecular formula is C15H15Cl2N3OS. The second-order valence-corrected chi connectivity index (χ2v) is 6.65. The lowest BCUT2D eigenvalue weighted by Gasteiger charge is -2.07. The van der Waals surface area contributed by atoms with E-state index >= 15 is 0 Å². The summed E-state index contributed by atoms with van der Waals surface area (Å²) in [5, 5.41) is 6.75. The van der Waals surface area contributed by atoms with Crippen LogP contribution >= 0.6 is 34.5 Å². The van der Waals surface area contributed by atoms with Gasteiger partial charge in [-0.1, -0.05) is 23.2 Å². The summed E-state index contributed by atoms with van der Waals surface area (Å²) >= 11 is 13.4. The molecule has 2 aromatic heterocycles. The van der Waals surface area contributed by atoms with E-state index in [2.05, 4.69) is 15.6 Å². The van der Waals surface area contributed by atoms with Crippen molar-refractivity contribution in [3.63, 3.8) is 0 Å². The van der Waals surface area contributed by atoms with Gasteiger partial charge in [0.15, 0.2) is 0 Å². The Balaban J connectivity index is 1.72. The number of hydrogen-bond donors (Lipinski definition) is 2. The summed E-state index contributed by atoms with van der Waals surface area (Å²) in [5.74, 6) is 0.410. The molecule has 2 rings (SSSR count). The summed E-state index contributed by atoms with van der Waals surface area (Å²) in [5.41, 5.74) is 0. The number of aryl methyl sites for hydroxylation is 1. The van der Waals surface area contributed by atoms with Gasteiger partial charge in [0.05, 0.1) is 10.0 Å². The van der Waals surface area contributed by atoms with Crippen molar-refractivity contribution in [1.82, 2.24) is 10.3 Å². The van der Waals surface area contributed by atoms with Crippen molar-refractivity contribution in [3.05, 3.63) is 50.3 Å². The van der Waals surface area contributed by atoms with E-state index in [1.807, 2.05) is 19.1 Å². The molecule has 0 aliphatic rings. The van der Waals surface area contributed by atoms with Gasteiger partial charge in [-0.15, -0.1) is 11.3 Å². The number of pyridine rings is 1. The van der Waals surface area contributed by atoms with Crippen LogP contribution in [0.25, 0.3) is 6.08 Å². The third-order valence-corrected chi connectivity index (χ3v) is 4.15. The average molecular weight is 356 g/mol. The van der Waals surface area contributed by atoms with Crippen molar-refractivity contribution >= 4 is 52.3 Å². The highest BCUT2D eigenvalue weighted by Crippen LogP contribution is 2.22. The summed E-state index contributed by atoms with van der Waals surface area (Å²) < 4.78 is 0. The maximum Gasteiger partial charge on any atom is 0.244 e. The minimum atomic E-state index is -0.136. The van der Waals surface area contributed by atoms with E-state index in [4.69, 9.17) is 23.2 Å². The molecule has 2 aromatic rings. The molecule has 0 bridgehead atoms. The zero-order valence-corrected chi connectivity index (χ0v) is 14.2. The lowest BCUT2D eigenvalue weighted by molar-refractivity contribution is -0.116. The molecule has 7 heteroatoms. The number of halogens is 2. The SMILES string of the molecule is Cc1ccc(C=CC(=O)NCCNc2ncc(Cl)cc2Cl)s1. The molecule has 0 unspecified atom stereocenters. The maximum atomic E-state index is 11.7. The lowest BCUT2D eigenvalue weighted by atomic mass is 10.4. The zero-order valence-electron chi connectivity index (χ0n) is 11.9. The van der Waals surface area contributed by atoms with Gasteiger partial charge >= 0.3 is 0 Å². The van der Waals surface area contributed by atoms with Gasteiger partial charge in [0.25, 0.3) is 0 Å². The molecule has 22 heavy (non-hydrogen) atoms. The number of carbonyl (C=O) groups is 1. The normalized spacial score (nSPS) is 10.9. The molecule has 0 atom stereocenters. The predicted octanol–water partition coefficient (Wildman–Crippen LogP) is 4.00. The highest BCUT2D eigenvalue weighted by Gasteiger charge is 2.02. The molecule has 0 spiro atoms. The first-order valence-electron chi connectivity index (χ1n) is 6.62. The molecule has 116 valence electrons. The van der Waals surface area contributed by atoms with Crippen LogP contribution < -0.4 is 10.6 Å². The Hall–Kier alpha value is -1.56. The fraction of sp³-hybridized carbons (Fsp3) is 0.200. The lowest BCUT2D eigenvalue weighted by Crippen LogP contribution is -2.27. The van der Waals surface area contributed by atoms with Crippen molar-refractivity contribution in [1.29, 1.82) is 0 Å². The zero-order chi connectivity index (χ0) is 15.9.